The molecule has 0 radical (unpaired) electrons. The third kappa shape index (κ3) is 3.47. The third-order valence-electron chi connectivity index (χ3n) is 6.08. The molecule has 2 aromatic rings. The maximum atomic E-state index is 6.32. The minimum atomic E-state index is -0.401. The second-order valence-electron chi connectivity index (χ2n) is 8.81. The Morgan fingerprint density at radius 1 is 0.893 bits per heavy atom. The fourth-order valence-electron chi connectivity index (χ4n) is 3.75. The molecule has 28 heavy (non-hydrogen) atoms. The number of nitrogens with zero attached hydrogens (tertiary/aromatic N) is 3. The van der Waals surface area contributed by atoms with Crippen molar-refractivity contribution in [1.82, 2.24) is 9.78 Å². The summed E-state index contributed by atoms with van der Waals surface area (Å²) in [7, 11) is -0.401. The van der Waals surface area contributed by atoms with Gasteiger partial charge in [-0.2, -0.15) is 5.10 Å². The molecule has 2 aliphatic heterocycles. The van der Waals surface area contributed by atoms with E-state index >= 15 is 0 Å². The van der Waals surface area contributed by atoms with Crippen molar-refractivity contribution in [2.75, 3.05) is 31.2 Å². The van der Waals surface area contributed by atoms with E-state index in [9.17, 15) is 0 Å². The minimum absolute atomic E-state index is 0.370. The molecule has 1 aromatic heterocycles. The van der Waals surface area contributed by atoms with Crippen LogP contribution >= 0.6 is 0 Å². The molecular weight excluding hydrogens is 353 g/mol. The van der Waals surface area contributed by atoms with Gasteiger partial charge in [0.05, 0.1) is 35.8 Å². The highest BCUT2D eigenvalue weighted by atomic mass is 16.7. The van der Waals surface area contributed by atoms with Crippen molar-refractivity contribution in [3.05, 3.63) is 35.7 Å². The molecule has 2 aliphatic rings. The summed E-state index contributed by atoms with van der Waals surface area (Å²) in [5.74, 6) is 0. The fraction of sp³-hybridized carbons (Fsp3) is 0.571. The summed E-state index contributed by atoms with van der Waals surface area (Å²) < 4.78 is 20.2. The predicted molar refractivity (Wildman–Crippen MR) is 112 cm³/mol. The summed E-state index contributed by atoms with van der Waals surface area (Å²) >= 11 is 0. The molecule has 0 atom stereocenters. The van der Waals surface area contributed by atoms with Gasteiger partial charge in [-0.15, -0.1) is 0 Å². The summed E-state index contributed by atoms with van der Waals surface area (Å²) in [4.78, 5) is 2.35. The molecule has 7 heteroatoms. The molecule has 0 aliphatic carbocycles. The molecule has 0 N–H and O–H groups in total. The first-order valence-electron chi connectivity index (χ1n) is 10.0. The molecule has 0 bridgehead atoms. The van der Waals surface area contributed by atoms with Crippen LogP contribution in [-0.4, -0.2) is 54.4 Å². The molecule has 3 heterocycles. The minimum Gasteiger partial charge on any atom is -0.399 e. The number of morpholine rings is 1. The van der Waals surface area contributed by atoms with Crippen LogP contribution in [0.25, 0.3) is 5.69 Å². The Morgan fingerprint density at radius 3 is 2.07 bits per heavy atom. The Hall–Kier alpha value is -1.83. The summed E-state index contributed by atoms with van der Waals surface area (Å²) in [6.45, 7) is 15.7. The van der Waals surface area contributed by atoms with Crippen LogP contribution in [0.1, 0.15) is 39.1 Å². The van der Waals surface area contributed by atoms with Crippen molar-refractivity contribution < 1.29 is 14.0 Å². The molecule has 0 spiro atoms. The van der Waals surface area contributed by atoms with Gasteiger partial charge in [-0.05, 0) is 71.3 Å². The topological polar surface area (TPSA) is 48.8 Å². The van der Waals surface area contributed by atoms with Crippen LogP contribution in [0.5, 0.6) is 0 Å². The van der Waals surface area contributed by atoms with Crippen LogP contribution in [0.2, 0.25) is 0 Å². The van der Waals surface area contributed by atoms with Gasteiger partial charge in [0, 0.05) is 24.5 Å². The molecule has 2 fully saturated rings. The normalized spacial score (nSPS) is 21.4. The summed E-state index contributed by atoms with van der Waals surface area (Å²) in [6.07, 6.45) is 0. The first-order valence-corrected chi connectivity index (χ1v) is 10.0. The molecule has 0 unspecified atom stereocenters. The van der Waals surface area contributed by atoms with E-state index in [1.165, 1.54) is 0 Å². The molecule has 6 nitrogen and oxygen atoms in total. The predicted octanol–water partition coefficient (Wildman–Crippen LogP) is 2.62. The van der Waals surface area contributed by atoms with E-state index in [0.29, 0.717) is 0 Å². The van der Waals surface area contributed by atoms with Crippen molar-refractivity contribution in [1.29, 1.82) is 0 Å². The number of hydrogen-bond donors (Lipinski definition) is 0. The highest BCUT2D eigenvalue weighted by Gasteiger charge is 2.51. The lowest BCUT2D eigenvalue weighted by atomic mass is 9.78. The maximum Gasteiger partial charge on any atom is 0.494 e. The molecular formula is C21H30BN3O3. The largest absolute Gasteiger partial charge is 0.494 e. The van der Waals surface area contributed by atoms with Crippen molar-refractivity contribution in [2.24, 2.45) is 0 Å². The zero-order valence-corrected chi connectivity index (χ0v) is 17.8. The van der Waals surface area contributed by atoms with Crippen molar-refractivity contribution in [2.45, 2.75) is 52.7 Å². The van der Waals surface area contributed by atoms with Gasteiger partial charge in [0.25, 0.3) is 0 Å². The number of hydrogen-bond acceptors (Lipinski definition) is 5. The lowest BCUT2D eigenvalue weighted by Crippen LogP contribution is -2.41. The average Bonchev–Trinajstić information content (AvgIpc) is 3.09. The second-order valence-corrected chi connectivity index (χ2v) is 8.81. The van der Waals surface area contributed by atoms with Crippen LogP contribution in [0.4, 0.5) is 5.69 Å². The van der Waals surface area contributed by atoms with E-state index in [1.54, 1.807) is 0 Å². The number of anilines is 1. The van der Waals surface area contributed by atoms with Crippen molar-refractivity contribution in [3.63, 3.8) is 0 Å². The number of aromatic nitrogens is 2. The molecule has 4 rings (SSSR count). The van der Waals surface area contributed by atoms with Crippen LogP contribution in [0.15, 0.2) is 24.3 Å². The van der Waals surface area contributed by atoms with Gasteiger partial charge >= 0.3 is 7.12 Å². The van der Waals surface area contributed by atoms with E-state index in [1.807, 2.05) is 11.6 Å². The van der Waals surface area contributed by atoms with Gasteiger partial charge in [-0.1, -0.05) is 0 Å². The number of rotatable bonds is 3. The zero-order chi connectivity index (χ0) is 20.1. The van der Waals surface area contributed by atoms with Gasteiger partial charge in [0.1, 0.15) is 0 Å². The maximum absolute atomic E-state index is 6.32. The Bertz CT molecular complexity index is 856. The van der Waals surface area contributed by atoms with Crippen molar-refractivity contribution in [3.8, 4) is 5.69 Å². The first kappa shape index (κ1) is 19.5. The number of benzene rings is 1. The average molecular weight is 383 g/mol. The smallest absolute Gasteiger partial charge is 0.399 e. The number of ether oxygens (including phenoxy) is 1. The molecule has 0 amide bonds. The Balaban J connectivity index is 1.77. The van der Waals surface area contributed by atoms with Gasteiger partial charge in [-0.3, -0.25) is 0 Å². The third-order valence-corrected chi connectivity index (χ3v) is 6.08. The number of aryl methyl sites for hydroxylation is 2. The molecule has 2 saturated heterocycles. The summed E-state index contributed by atoms with van der Waals surface area (Å²) in [6, 6.07) is 8.60. The van der Waals surface area contributed by atoms with Crippen LogP contribution in [-0.2, 0) is 14.0 Å². The van der Waals surface area contributed by atoms with Gasteiger partial charge in [0.15, 0.2) is 0 Å². The summed E-state index contributed by atoms with van der Waals surface area (Å²) in [5.41, 5.74) is 4.57. The van der Waals surface area contributed by atoms with Crippen LogP contribution < -0.4 is 10.4 Å². The Morgan fingerprint density at radius 2 is 1.50 bits per heavy atom. The van der Waals surface area contributed by atoms with Crippen LogP contribution in [0, 0.1) is 13.8 Å². The molecule has 150 valence electrons. The molecule has 0 saturated carbocycles. The Kier molecular flexibility index (Phi) is 4.80. The summed E-state index contributed by atoms with van der Waals surface area (Å²) in [5, 5.41) is 4.68. The lowest BCUT2D eigenvalue weighted by Gasteiger charge is -2.32. The van der Waals surface area contributed by atoms with E-state index in [0.717, 1.165) is 54.5 Å². The monoisotopic (exact) mass is 383 g/mol. The van der Waals surface area contributed by atoms with Gasteiger partial charge in [0.2, 0.25) is 0 Å². The highest BCUT2D eigenvalue weighted by Crippen LogP contribution is 2.37. The second kappa shape index (κ2) is 6.90. The first-order chi connectivity index (χ1) is 13.2. The molecule has 1 aromatic carbocycles. The Labute approximate surface area is 167 Å². The van der Waals surface area contributed by atoms with E-state index in [4.69, 9.17) is 14.0 Å². The fourth-order valence-corrected chi connectivity index (χ4v) is 3.75. The van der Waals surface area contributed by atoms with Crippen molar-refractivity contribution >= 4 is 18.3 Å². The van der Waals surface area contributed by atoms with E-state index < -0.39 is 7.12 Å². The highest BCUT2D eigenvalue weighted by molar-refractivity contribution is 6.62. The standard InChI is InChI=1S/C21H30BN3O3/c1-15-11-16(2)25(23-15)19-13-17(22-27-20(3,4)21(5,6)28-22)12-18(14-19)24-7-9-26-10-8-24/h11-14H,7-10H2,1-6H3. The van der Waals surface area contributed by atoms with E-state index in [2.05, 4.69) is 68.9 Å². The lowest BCUT2D eigenvalue weighted by molar-refractivity contribution is 0.00578. The van der Waals surface area contributed by atoms with E-state index in [-0.39, 0.29) is 11.2 Å². The SMILES string of the molecule is Cc1cc(C)n(-c2cc(B3OC(C)(C)C(C)(C)O3)cc(N3CCOCC3)c2)n1. The van der Waals surface area contributed by atoms with Gasteiger partial charge in [-0.25, -0.2) is 4.68 Å². The quantitative estimate of drug-likeness (QED) is 0.763. The van der Waals surface area contributed by atoms with Gasteiger partial charge < -0.3 is 18.9 Å². The zero-order valence-electron chi connectivity index (χ0n) is 17.8. The van der Waals surface area contributed by atoms with Crippen LogP contribution in [0.3, 0.4) is 0 Å².